The lowest BCUT2D eigenvalue weighted by Crippen LogP contribution is -2.91. The van der Waals surface area contributed by atoms with Crippen LogP contribution in [0.4, 0.5) is 5.95 Å². The number of rotatable bonds is 7. The van der Waals surface area contributed by atoms with Gasteiger partial charge in [-0.3, -0.25) is 0 Å². The van der Waals surface area contributed by atoms with Crippen molar-refractivity contribution in [3.8, 4) is 23.1 Å². The number of nitrogens with zero attached hydrogens (tertiary/aromatic N) is 3. The Hall–Kier alpha value is -3.51. The topological polar surface area (TPSA) is 106 Å². The quantitative estimate of drug-likeness (QED) is 0.572. The summed E-state index contributed by atoms with van der Waals surface area (Å²) in [4.78, 5) is 9.07. The van der Waals surface area contributed by atoms with Gasteiger partial charge in [-0.2, -0.15) is 5.26 Å². The zero-order valence-electron chi connectivity index (χ0n) is 18.3. The molecule has 168 valence electrons. The van der Waals surface area contributed by atoms with Crippen molar-refractivity contribution in [2.45, 2.75) is 30.8 Å². The molecule has 0 bridgehead atoms. The lowest BCUT2D eigenvalue weighted by Gasteiger charge is -2.17. The smallest absolute Gasteiger partial charge is 0.223 e. The third-order valence-electron chi connectivity index (χ3n) is 6.16. The van der Waals surface area contributed by atoms with E-state index in [1.165, 1.54) is 0 Å². The van der Waals surface area contributed by atoms with Crippen molar-refractivity contribution in [3.63, 3.8) is 0 Å². The minimum absolute atomic E-state index is 0.00594. The summed E-state index contributed by atoms with van der Waals surface area (Å²) in [5, 5.41) is 14.7. The molecule has 0 aliphatic carbocycles. The van der Waals surface area contributed by atoms with E-state index in [2.05, 4.69) is 26.7 Å². The Kier molecular flexibility index (Phi) is 6.17. The highest BCUT2D eigenvalue weighted by atomic mass is 16.6. The number of aromatic nitrogens is 2. The minimum Gasteiger partial charge on any atom is -0.497 e. The van der Waals surface area contributed by atoms with Gasteiger partial charge in [0, 0.05) is 17.3 Å². The summed E-state index contributed by atoms with van der Waals surface area (Å²) in [5.74, 6) is 1.37. The third-order valence-corrected chi connectivity index (χ3v) is 6.16. The molecule has 2 aliphatic heterocycles. The standard InChI is InChI=1S/C25H25N5O3/c1-31-19-7-5-18(6-8-19)20-9-10-27-25(29-20)30-22-15-33-23-21(14-32-24(22)23)28-13-17-4-2-3-16(11-17)12-26/h2-11,21-24,28H,13-15H2,1H3,(H,27,29,30)/p+1/t21-,22-,23+,24+/m0/s1. The minimum atomic E-state index is -0.0510. The van der Waals surface area contributed by atoms with Gasteiger partial charge >= 0.3 is 0 Å². The number of fused-ring (bicyclic) bond motifs is 1. The molecular formula is C25H26N5O3+. The van der Waals surface area contributed by atoms with Crippen molar-refractivity contribution in [1.29, 1.82) is 5.26 Å². The number of nitriles is 1. The van der Waals surface area contributed by atoms with Crippen molar-refractivity contribution in [2.24, 2.45) is 0 Å². The zero-order valence-corrected chi connectivity index (χ0v) is 18.3. The molecule has 0 radical (unpaired) electrons. The summed E-state index contributed by atoms with van der Waals surface area (Å²) in [6.45, 7) is 1.94. The summed E-state index contributed by atoms with van der Waals surface area (Å²) in [5.41, 5.74) is 3.63. The summed E-state index contributed by atoms with van der Waals surface area (Å²) < 4.78 is 17.4. The normalized spacial score (nSPS) is 23.6. The van der Waals surface area contributed by atoms with Gasteiger partial charge in [-0.25, -0.2) is 9.97 Å². The second-order valence-corrected chi connectivity index (χ2v) is 8.26. The van der Waals surface area contributed by atoms with Crippen molar-refractivity contribution in [2.75, 3.05) is 25.6 Å². The van der Waals surface area contributed by atoms with Crippen LogP contribution in [0.3, 0.4) is 0 Å². The Bertz CT molecular complexity index is 1150. The van der Waals surface area contributed by atoms with Crippen LogP contribution in [0.2, 0.25) is 0 Å². The first-order valence-corrected chi connectivity index (χ1v) is 11.0. The molecule has 0 unspecified atom stereocenters. The molecule has 0 saturated carbocycles. The van der Waals surface area contributed by atoms with Gasteiger partial charge in [-0.05, 0) is 42.5 Å². The van der Waals surface area contributed by atoms with Crippen LogP contribution in [-0.2, 0) is 16.0 Å². The van der Waals surface area contributed by atoms with E-state index in [9.17, 15) is 0 Å². The molecule has 2 aromatic carbocycles. The Balaban J connectivity index is 1.20. The van der Waals surface area contributed by atoms with Gasteiger partial charge in [0.2, 0.25) is 5.95 Å². The van der Waals surface area contributed by atoms with Gasteiger partial charge in [0.05, 0.1) is 37.1 Å². The number of ether oxygens (including phenoxy) is 3. The highest BCUT2D eigenvalue weighted by molar-refractivity contribution is 5.61. The van der Waals surface area contributed by atoms with Crippen LogP contribution in [0.25, 0.3) is 11.3 Å². The Morgan fingerprint density at radius 3 is 2.79 bits per heavy atom. The maximum Gasteiger partial charge on any atom is 0.223 e. The Morgan fingerprint density at radius 1 is 1.12 bits per heavy atom. The number of nitrogens with two attached hydrogens (primary N) is 1. The third kappa shape index (κ3) is 4.66. The number of quaternary nitrogens is 1. The average molecular weight is 445 g/mol. The fourth-order valence-electron chi connectivity index (χ4n) is 4.43. The highest BCUT2D eigenvalue weighted by Crippen LogP contribution is 2.28. The van der Waals surface area contributed by atoms with E-state index >= 15 is 0 Å². The van der Waals surface area contributed by atoms with Crippen molar-refractivity contribution in [1.82, 2.24) is 9.97 Å². The molecule has 8 nitrogen and oxygen atoms in total. The molecule has 4 atom stereocenters. The van der Waals surface area contributed by atoms with E-state index < -0.39 is 0 Å². The summed E-state index contributed by atoms with van der Waals surface area (Å²) in [6, 6.07) is 19.8. The van der Waals surface area contributed by atoms with Crippen LogP contribution in [0.1, 0.15) is 11.1 Å². The maximum atomic E-state index is 9.10. The van der Waals surface area contributed by atoms with Crippen LogP contribution in [0, 0.1) is 11.3 Å². The Labute approximate surface area is 192 Å². The first kappa shape index (κ1) is 21.3. The largest absolute Gasteiger partial charge is 0.497 e. The number of hydrogen-bond donors (Lipinski definition) is 2. The number of anilines is 1. The van der Waals surface area contributed by atoms with E-state index in [0.29, 0.717) is 24.7 Å². The molecule has 3 aromatic rings. The molecule has 2 aliphatic rings. The van der Waals surface area contributed by atoms with Crippen LogP contribution in [-0.4, -0.2) is 54.6 Å². The lowest BCUT2D eigenvalue weighted by atomic mass is 10.1. The highest BCUT2D eigenvalue weighted by Gasteiger charge is 2.49. The number of methoxy groups -OCH3 is 1. The van der Waals surface area contributed by atoms with Gasteiger partial charge < -0.3 is 24.8 Å². The molecule has 0 amide bonds. The maximum absolute atomic E-state index is 9.10. The predicted molar refractivity (Wildman–Crippen MR) is 121 cm³/mol. The summed E-state index contributed by atoms with van der Waals surface area (Å²) >= 11 is 0. The van der Waals surface area contributed by atoms with Gasteiger partial charge in [0.15, 0.2) is 0 Å². The predicted octanol–water partition coefficient (Wildman–Crippen LogP) is 1.73. The van der Waals surface area contributed by atoms with E-state index in [1.54, 1.807) is 13.3 Å². The van der Waals surface area contributed by atoms with E-state index in [4.69, 9.17) is 19.5 Å². The van der Waals surface area contributed by atoms with Gasteiger partial charge in [0.25, 0.3) is 0 Å². The fraction of sp³-hybridized carbons (Fsp3) is 0.320. The zero-order chi connectivity index (χ0) is 22.6. The van der Waals surface area contributed by atoms with Crippen LogP contribution in [0.5, 0.6) is 5.75 Å². The summed E-state index contributed by atoms with van der Waals surface area (Å²) in [7, 11) is 1.65. The van der Waals surface area contributed by atoms with E-state index in [1.807, 2.05) is 54.6 Å². The van der Waals surface area contributed by atoms with Crippen LogP contribution in [0.15, 0.2) is 60.8 Å². The Morgan fingerprint density at radius 2 is 1.97 bits per heavy atom. The number of hydrogen-bond acceptors (Lipinski definition) is 7. The molecular weight excluding hydrogens is 418 g/mol. The molecule has 3 heterocycles. The second-order valence-electron chi connectivity index (χ2n) is 8.26. The molecule has 2 saturated heterocycles. The van der Waals surface area contributed by atoms with E-state index in [-0.39, 0.29) is 24.3 Å². The van der Waals surface area contributed by atoms with Gasteiger partial charge in [0.1, 0.15) is 37.2 Å². The molecule has 33 heavy (non-hydrogen) atoms. The first-order chi connectivity index (χ1) is 16.2. The molecule has 8 heteroatoms. The van der Waals surface area contributed by atoms with Crippen molar-refractivity contribution in [3.05, 3.63) is 71.9 Å². The number of benzene rings is 2. The van der Waals surface area contributed by atoms with Gasteiger partial charge in [-0.1, -0.05) is 12.1 Å². The second kappa shape index (κ2) is 9.55. The van der Waals surface area contributed by atoms with Crippen molar-refractivity contribution < 1.29 is 19.5 Å². The van der Waals surface area contributed by atoms with Crippen LogP contribution < -0.4 is 15.4 Å². The monoisotopic (exact) mass is 444 g/mol. The fourth-order valence-corrected chi connectivity index (χ4v) is 4.43. The van der Waals surface area contributed by atoms with Crippen molar-refractivity contribution >= 4 is 5.95 Å². The molecule has 0 spiro atoms. The first-order valence-electron chi connectivity index (χ1n) is 11.0. The SMILES string of the molecule is COc1ccc(-c2ccnc(N[C@H]3CO[C@H]4[C@@H]3OC[C@@H]4[NH2+]Cc3cccc(C#N)c3)n2)cc1. The van der Waals surface area contributed by atoms with E-state index in [0.717, 1.165) is 29.1 Å². The summed E-state index contributed by atoms with van der Waals surface area (Å²) in [6.07, 6.45) is 1.71. The van der Waals surface area contributed by atoms with Crippen LogP contribution >= 0.6 is 0 Å². The molecule has 1 aromatic heterocycles. The molecule has 5 rings (SSSR count). The van der Waals surface area contributed by atoms with Gasteiger partial charge in [-0.15, -0.1) is 0 Å². The average Bonchev–Trinajstić information content (AvgIpc) is 3.46. The molecule has 2 fully saturated rings. The lowest BCUT2D eigenvalue weighted by molar-refractivity contribution is -0.707. The number of nitrogens with one attached hydrogen (secondary N) is 1. The molecule has 3 N–H and O–H groups in total.